The van der Waals surface area contributed by atoms with Gasteiger partial charge in [-0.25, -0.2) is 0 Å². The van der Waals surface area contributed by atoms with Gasteiger partial charge in [0.1, 0.15) is 0 Å². The molecule has 0 radical (unpaired) electrons. The highest BCUT2D eigenvalue weighted by Gasteiger charge is 2.36. The number of nitrogens with zero attached hydrogens (tertiary/aromatic N) is 2. The molecule has 2 fully saturated rings. The summed E-state index contributed by atoms with van der Waals surface area (Å²) in [5.41, 5.74) is 8.48. The fraction of sp³-hybridized carbons (Fsp3) is 0.500. The minimum absolute atomic E-state index is 0.337. The standard InChI is InChI=1S/C14H17N3O/c15-9-10-4-5-11(16)13(8-10)17-6-7-18-14-3-1-2-12(14)17/h4-5,8,12,14H,1-3,6-7,16H2. The molecule has 2 aliphatic rings. The van der Waals surface area contributed by atoms with E-state index in [0.717, 1.165) is 37.4 Å². The summed E-state index contributed by atoms with van der Waals surface area (Å²) in [5, 5.41) is 9.00. The third kappa shape index (κ3) is 1.81. The number of anilines is 2. The van der Waals surface area contributed by atoms with Crippen LogP contribution in [0.15, 0.2) is 18.2 Å². The van der Waals surface area contributed by atoms with Crippen molar-refractivity contribution in [2.75, 3.05) is 23.8 Å². The lowest BCUT2D eigenvalue weighted by Gasteiger charge is -2.39. The Balaban J connectivity index is 1.96. The first kappa shape index (κ1) is 11.4. The van der Waals surface area contributed by atoms with E-state index in [1.54, 1.807) is 6.07 Å². The molecular formula is C14H17N3O. The van der Waals surface area contributed by atoms with Gasteiger partial charge in [0.15, 0.2) is 0 Å². The van der Waals surface area contributed by atoms with E-state index in [1.807, 2.05) is 12.1 Å². The third-order valence-electron chi connectivity index (χ3n) is 3.95. The zero-order valence-electron chi connectivity index (χ0n) is 10.3. The minimum Gasteiger partial charge on any atom is -0.397 e. The molecule has 1 aromatic rings. The Bertz CT molecular complexity index is 494. The molecule has 1 aromatic carbocycles. The summed E-state index contributed by atoms with van der Waals surface area (Å²) in [5.74, 6) is 0. The quantitative estimate of drug-likeness (QED) is 0.765. The summed E-state index contributed by atoms with van der Waals surface area (Å²) < 4.78 is 5.80. The molecule has 0 aromatic heterocycles. The molecule has 1 aliphatic heterocycles. The van der Waals surface area contributed by atoms with Gasteiger partial charge in [0.05, 0.1) is 41.8 Å². The van der Waals surface area contributed by atoms with Crippen molar-refractivity contribution in [1.29, 1.82) is 5.26 Å². The van der Waals surface area contributed by atoms with Crippen molar-refractivity contribution >= 4 is 11.4 Å². The lowest BCUT2D eigenvalue weighted by molar-refractivity contribution is 0.0257. The van der Waals surface area contributed by atoms with Crippen molar-refractivity contribution in [3.8, 4) is 6.07 Å². The van der Waals surface area contributed by atoms with Crippen LogP contribution in [-0.4, -0.2) is 25.3 Å². The molecule has 2 unspecified atom stereocenters. The van der Waals surface area contributed by atoms with Gasteiger partial charge < -0.3 is 15.4 Å². The fourth-order valence-electron chi connectivity index (χ4n) is 3.09. The number of hydrogen-bond acceptors (Lipinski definition) is 4. The SMILES string of the molecule is N#Cc1ccc(N)c(N2CCOC3CCCC32)c1. The molecule has 18 heavy (non-hydrogen) atoms. The summed E-state index contributed by atoms with van der Waals surface area (Å²) in [6.45, 7) is 1.61. The number of hydrogen-bond donors (Lipinski definition) is 1. The van der Waals surface area contributed by atoms with E-state index in [-0.39, 0.29) is 0 Å². The summed E-state index contributed by atoms with van der Waals surface area (Å²) in [4.78, 5) is 2.33. The van der Waals surface area contributed by atoms with Crippen LogP contribution in [0.3, 0.4) is 0 Å². The Morgan fingerprint density at radius 3 is 3.11 bits per heavy atom. The van der Waals surface area contributed by atoms with E-state index < -0.39 is 0 Å². The van der Waals surface area contributed by atoms with Gasteiger partial charge in [-0.1, -0.05) is 0 Å². The van der Waals surface area contributed by atoms with Crippen LogP contribution < -0.4 is 10.6 Å². The average molecular weight is 243 g/mol. The number of nitrogens with two attached hydrogens (primary N) is 1. The van der Waals surface area contributed by atoms with Gasteiger partial charge in [-0.05, 0) is 37.5 Å². The van der Waals surface area contributed by atoms with Crippen LogP contribution in [0.25, 0.3) is 0 Å². The van der Waals surface area contributed by atoms with Gasteiger partial charge in [-0.15, -0.1) is 0 Å². The van der Waals surface area contributed by atoms with Gasteiger partial charge in [0, 0.05) is 6.54 Å². The lowest BCUT2D eigenvalue weighted by Crippen LogP contribution is -2.48. The second-order valence-electron chi connectivity index (χ2n) is 4.99. The highest BCUT2D eigenvalue weighted by atomic mass is 16.5. The molecule has 2 atom stereocenters. The monoisotopic (exact) mass is 243 g/mol. The summed E-state index contributed by atoms with van der Waals surface area (Å²) in [7, 11) is 0. The van der Waals surface area contributed by atoms with Crippen LogP contribution in [0.2, 0.25) is 0 Å². The molecule has 1 saturated carbocycles. The zero-order chi connectivity index (χ0) is 12.5. The Labute approximate surface area is 107 Å². The molecule has 1 aliphatic carbocycles. The predicted molar refractivity (Wildman–Crippen MR) is 70.3 cm³/mol. The number of nitrogen functional groups attached to an aromatic ring is 1. The summed E-state index contributed by atoms with van der Waals surface area (Å²) in [6.07, 6.45) is 3.84. The molecule has 1 heterocycles. The number of ether oxygens (including phenoxy) is 1. The summed E-state index contributed by atoms with van der Waals surface area (Å²) >= 11 is 0. The van der Waals surface area contributed by atoms with Gasteiger partial charge in [-0.3, -0.25) is 0 Å². The highest BCUT2D eigenvalue weighted by Crippen LogP contribution is 2.35. The maximum atomic E-state index is 9.00. The maximum Gasteiger partial charge on any atom is 0.0992 e. The number of morpholine rings is 1. The van der Waals surface area contributed by atoms with Crippen molar-refractivity contribution in [3.05, 3.63) is 23.8 Å². The second kappa shape index (κ2) is 4.51. The van der Waals surface area contributed by atoms with E-state index >= 15 is 0 Å². The van der Waals surface area contributed by atoms with Gasteiger partial charge in [-0.2, -0.15) is 5.26 Å². The number of nitriles is 1. The first-order valence-corrected chi connectivity index (χ1v) is 6.47. The van der Waals surface area contributed by atoms with Crippen molar-refractivity contribution in [2.45, 2.75) is 31.4 Å². The molecule has 94 valence electrons. The lowest BCUT2D eigenvalue weighted by atomic mass is 10.1. The van der Waals surface area contributed by atoms with E-state index in [4.69, 9.17) is 15.7 Å². The molecule has 1 saturated heterocycles. The first-order chi connectivity index (χ1) is 8.79. The average Bonchev–Trinajstić information content (AvgIpc) is 2.87. The van der Waals surface area contributed by atoms with Crippen molar-refractivity contribution in [2.24, 2.45) is 0 Å². The highest BCUT2D eigenvalue weighted by molar-refractivity contribution is 5.70. The van der Waals surface area contributed by atoms with Crippen LogP contribution in [0, 0.1) is 11.3 Å². The van der Waals surface area contributed by atoms with Crippen LogP contribution in [0.1, 0.15) is 24.8 Å². The van der Waals surface area contributed by atoms with Crippen LogP contribution in [-0.2, 0) is 4.74 Å². The smallest absolute Gasteiger partial charge is 0.0992 e. The van der Waals surface area contributed by atoms with E-state index in [9.17, 15) is 0 Å². The molecule has 4 nitrogen and oxygen atoms in total. The zero-order valence-corrected chi connectivity index (χ0v) is 10.3. The number of rotatable bonds is 1. The van der Waals surface area contributed by atoms with Crippen LogP contribution in [0.5, 0.6) is 0 Å². The molecule has 4 heteroatoms. The van der Waals surface area contributed by atoms with Gasteiger partial charge >= 0.3 is 0 Å². The van der Waals surface area contributed by atoms with Crippen molar-refractivity contribution in [1.82, 2.24) is 0 Å². The normalized spacial score (nSPS) is 26.7. The Morgan fingerprint density at radius 1 is 1.39 bits per heavy atom. The summed E-state index contributed by atoms with van der Waals surface area (Å²) in [6, 6.07) is 8.10. The van der Waals surface area contributed by atoms with Gasteiger partial charge in [0.2, 0.25) is 0 Å². The Morgan fingerprint density at radius 2 is 2.28 bits per heavy atom. The predicted octanol–water partition coefficient (Wildman–Crippen LogP) is 1.90. The molecule has 0 bridgehead atoms. The van der Waals surface area contributed by atoms with E-state index in [2.05, 4.69) is 11.0 Å². The Kier molecular flexibility index (Phi) is 2.85. The topological polar surface area (TPSA) is 62.3 Å². The molecular weight excluding hydrogens is 226 g/mol. The molecule has 0 amide bonds. The number of fused-ring (bicyclic) bond motifs is 1. The second-order valence-corrected chi connectivity index (χ2v) is 4.99. The van der Waals surface area contributed by atoms with Crippen molar-refractivity contribution in [3.63, 3.8) is 0 Å². The minimum atomic E-state index is 0.337. The fourth-order valence-corrected chi connectivity index (χ4v) is 3.09. The van der Waals surface area contributed by atoms with Crippen LogP contribution in [0.4, 0.5) is 11.4 Å². The third-order valence-corrected chi connectivity index (χ3v) is 3.95. The van der Waals surface area contributed by atoms with Crippen molar-refractivity contribution < 1.29 is 4.74 Å². The maximum absolute atomic E-state index is 9.00. The molecule has 3 rings (SSSR count). The largest absolute Gasteiger partial charge is 0.397 e. The van der Waals surface area contributed by atoms with Gasteiger partial charge in [0.25, 0.3) is 0 Å². The molecule has 0 spiro atoms. The molecule has 2 N–H and O–H groups in total. The van der Waals surface area contributed by atoms with E-state index in [1.165, 1.54) is 6.42 Å². The Hall–Kier alpha value is -1.73. The number of benzene rings is 1. The van der Waals surface area contributed by atoms with E-state index in [0.29, 0.717) is 17.7 Å². The first-order valence-electron chi connectivity index (χ1n) is 6.47. The van der Waals surface area contributed by atoms with Crippen LogP contribution >= 0.6 is 0 Å².